The number of nitrogens with one attached hydrogen (secondary N) is 1. The molecule has 2 aromatic rings. The SMILES string of the molecule is CSCCCCCCNc1nc2cc(Br)ccc2s1. The van der Waals surface area contributed by atoms with E-state index < -0.39 is 0 Å². The third-order valence-electron chi connectivity index (χ3n) is 2.90. The van der Waals surface area contributed by atoms with E-state index in [0.717, 1.165) is 21.7 Å². The minimum absolute atomic E-state index is 1.03. The van der Waals surface area contributed by atoms with E-state index in [-0.39, 0.29) is 0 Å². The van der Waals surface area contributed by atoms with Gasteiger partial charge in [0, 0.05) is 11.0 Å². The Balaban J connectivity index is 1.72. The lowest BCUT2D eigenvalue weighted by Crippen LogP contribution is -2.00. The Hall–Kier alpha value is -0.260. The lowest BCUT2D eigenvalue weighted by Gasteiger charge is -2.02. The maximum Gasteiger partial charge on any atom is 0.183 e. The largest absolute Gasteiger partial charge is 0.361 e. The molecule has 0 atom stereocenters. The first-order valence-electron chi connectivity index (χ1n) is 6.58. The molecule has 0 fully saturated rings. The van der Waals surface area contributed by atoms with Gasteiger partial charge in [-0.3, -0.25) is 0 Å². The Kier molecular flexibility index (Phi) is 6.47. The smallest absolute Gasteiger partial charge is 0.183 e. The van der Waals surface area contributed by atoms with Gasteiger partial charge in [0.15, 0.2) is 5.13 Å². The highest BCUT2D eigenvalue weighted by molar-refractivity contribution is 9.10. The third kappa shape index (κ3) is 4.97. The van der Waals surface area contributed by atoms with Crippen LogP contribution in [0.3, 0.4) is 0 Å². The molecule has 0 aliphatic rings. The molecular weight excluding hydrogens is 340 g/mol. The molecule has 104 valence electrons. The van der Waals surface area contributed by atoms with Crippen LogP contribution in [-0.2, 0) is 0 Å². The highest BCUT2D eigenvalue weighted by Gasteiger charge is 2.03. The van der Waals surface area contributed by atoms with Gasteiger partial charge in [-0.15, -0.1) is 0 Å². The van der Waals surface area contributed by atoms with Gasteiger partial charge in [-0.25, -0.2) is 4.98 Å². The number of benzene rings is 1. The van der Waals surface area contributed by atoms with Gasteiger partial charge in [-0.1, -0.05) is 40.1 Å². The quantitative estimate of drug-likeness (QED) is 0.639. The van der Waals surface area contributed by atoms with Gasteiger partial charge in [0.25, 0.3) is 0 Å². The first-order chi connectivity index (χ1) is 9.29. The maximum atomic E-state index is 4.59. The van der Waals surface area contributed by atoms with Crippen molar-refractivity contribution in [1.82, 2.24) is 4.98 Å². The summed E-state index contributed by atoms with van der Waals surface area (Å²) in [4.78, 5) is 4.59. The summed E-state index contributed by atoms with van der Waals surface area (Å²) in [7, 11) is 0. The Morgan fingerprint density at radius 2 is 2.11 bits per heavy atom. The highest BCUT2D eigenvalue weighted by atomic mass is 79.9. The second-order valence-corrected chi connectivity index (χ2v) is 7.40. The number of rotatable bonds is 8. The van der Waals surface area contributed by atoms with Crippen LogP contribution in [0.4, 0.5) is 5.13 Å². The molecule has 1 aromatic heterocycles. The maximum absolute atomic E-state index is 4.59. The first-order valence-corrected chi connectivity index (χ1v) is 9.59. The zero-order valence-electron chi connectivity index (χ0n) is 11.1. The molecule has 0 aliphatic heterocycles. The Morgan fingerprint density at radius 1 is 1.26 bits per heavy atom. The van der Waals surface area contributed by atoms with E-state index in [1.54, 1.807) is 11.3 Å². The number of fused-ring (bicyclic) bond motifs is 1. The van der Waals surface area contributed by atoms with Crippen LogP contribution in [0, 0.1) is 0 Å². The minimum atomic E-state index is 1.03. The van der Waals surface area contributed by atoms with Crippen LogP contribution in [0.1, 0.15) is 25.7 Å². The van der Waals surface area contributed by atoms with Crippen LogP contribution in [0.25, 0.3) is 10.2 Å². The molecule has 2 rings (SSSR count). The highest BCUT2D eigenvalue weighted by Crippen LogP contribution is 2.28. The second kappa shape index (κ2) is 8.12. The molecule has 0 radical (unpaired) electrons. The standard InChI is InChI=1S/C14H19BrN2S2/c1-18-9-5-3-2-4-8-16-14-17-12-10-11(15)6-7-13(12)19-14/h6-7,10H,2-5,8-9H2,1H3,(H,16,17). The number of aromatic nitrogens is 1. The predicted molar refractivity (Wildman–Crippen MR) is 92.7 cm³/mol. The van der Waals surface area contributed by atoms with Gasteiger partial charge in [0.2, 0.25) is 0 Å². The number of anilines is 1. The van der Waals surface area contributed by atoms with E-state index in [0.29, 0.717) is 0 Å². The lowest BCUT2D eigenvalue weighted by molar-refractivity contribution is 0.689. The third-order valence-corrected chi connectivity index (χ3v) is 5.09. The molecule has 0 bridgehead atoms. The monoisotopic (exact) mass is 358 g/mol. The van der Waals surface area contributed by atoms with Gasteiger partial charge < -0.3 is 5.32 Å². The van der Waals surface area contributed by atoms with Crippen molar-refractivity contribution in [1.29, 1.82) is 0 Å². The van der Waals surface area contributed by atoms with E-state index in [1.807, 2.05) is 11.8 Å². The minimum Gasteiger partial charge on any atom is -0.361 e. The van der Waals surface area contributed by atoms with Crippen molar-refractivity contribution in [3.05, 3.63) is 22.7 Å². The number of nitrogens with zero attached hydrogens (tertiary/aromatic N) is 1. The second-order valence-electron chi connectivity index (χ2n) is 4.46. The van der Waals surface area contributed by atoms with E-state index in [2.05, 4.69) is 50.7 Å². The van der Waals surface area contributed by atoms with Crippen molar-refractivity contribution in [2.24, 2.45) is 0 Å². The summed E-state index contributed by atoms with van der Waals surface area (Å²) < 4.78 is 2.33. The first kappa shape index (κ1) is 15.1. The van der Waals surface area contributed by atoms with E-state index in [1.165, 1.54) is 36.1 Å². The molecule has 0 saturated heterocycles. The summed E-state index contributed by atoms with van der Waals surface area (Å²) in [6, 6.07) is 6.25. The van der Waals surface area contributed by atoms with Crippen molar-refractivity contribution in [3.8, 4) is 0 Å². The van der Waals surface area contributed by atoms with Crippen molar-refractivity contribution in [2.75, 3.05) is 23.9 Å². The Bertz CT molecular complexity index is 513. The summed E-state index contributed by atoms with van der Waals surface area (Å²) in [6.45, 7) is 1.03. The fraction of sp³-hybridized carbons (Fsp3) is 0.500. The van der Waals surface area contributed by atoms with Crippen LogP contribution in [0.2, 0.25) is 0 Å². The molecule has 0 amide bonds. The van der Waals surface area contributed by atoms with Gasteiger partial charge in [0.1, 0.15) is 0 Å². The van der Waals surface area contributed by atoms with Crippen LogP contribution < -0.4 is 5.32 Å². The Labute approximate surface area is 131 Å². The van der Waals surface area contributed by atoms with Crippen molar-refractivity contribution >= 4 is 54.4 Å². The van der Waals surface area contributed by atoms with Gasteiger partial charge in [-0.2, -0.15) is 11.8 Å². The lowest BCUT2D eigenvalue weighted by atomic mass is 10.2. The zero-order chi connectivity index (χ0) is 13.5. The molecule has 1 heterocycles. The zero-order valence-corrected chi connectivity index (χ0v) is 14.3. The number of halogens is 1. The fourth-order valence-corrected chi connectivity index (χ4v) is 3.61. The van der Waals surface area contributed by atoms with Crippen molar-refractivity contribution in [3.63, 3.8) is 0 Å². The molecule has 1 N–H and O–H groups in total. The molecule has 0 unspecified atom stereocenters. The molecule has 0 spiro atoms. The van der Waals surface area contributed by atoms with Crippen molar-refractivity contribution < 1.29 is 0 Å². The molecule has 0 aliphatic carbocycles. The number of thioether (sulfide) groups is 1. The molecule has 5 heteroatoms. The summed E-state index contributed by atoms with van der Waals surface area (Å²) in [5.74, 6) is 1.29. The summed E-state index contributed by atoms with van der Waals surface area (Å²) in [5.41, 5.74) is 1.07. The van der Waals surface area contributed by atoms with E-state index in [9.17, 15) is 0 Å². The van der Waals surface area contributed by atoms with Gasteiger partial charge in [-0.05, 0) is 43.0 Å². The fourth-order valence-electron chi connectivity index (χ4n) is 1.90. The number of hydrogen-bond donors (Lipinski definition) is 1. The van der Waals surface area contributed by atoms with E-state index >= 15 is 0 Å². The summed E-state index contributed by atoms with van der Waals surface area (Å²) in [6.07, 6.45) is 7.40. The molecular formula is C14H19BrN2S2. The number of unbranched alkanes of at least 4 members (excludes halogenated alkanes) is 3. The van der Waals surface area contributed by atoms with Crippen LogP contribution in [-0.4, -0.2) is 23.5 Å². The summed E-state index contributed by atoms with van der Waals surface area (Å²) in [5, 5.41) is 4.47. The topological polar surface area (TPSA) is 24.9 Å². The van der Waals surface area contributed by atoms with E-state index in [4.69, 9.17) is 0 Å². The molecule has 0 saturated carbocycles. The molecule has 2 nitrogen and oxygen atoms in total. The molecule has 1 aromatic carbocycles. The average Bonchev–Trinajstić information content (AvgIpc) is 2.79. The Morgan fingerprint density at radius 3 is 2.95 bits per heavy atom. The van der Waals surface area contributed by atoms with Crippen molar-refractivity contribution in [2.45, 2.75) is 25.7 Å². The summed E-state index contributed by atoms with van der Waals surface area (Å²) >= 11 is 7.15. The average molecular weight is 359 g/mol. The molecule has 19 heavy (non-hydrogen) atoms. The van der Waals surface area contributed by atoms with Crippen LogP contribution >= 0.6 is 39.0 Å². The number of thiazole rings is 1. The van der Waals surface area contributed by atoms with Gasteiger partial charge in [0.05, 0.1) is 10.2 Å². The van der Waals surface area contributed by atoms with Crippen LogP contribution in [0.15, 0.2) is 22.7 Å². The normalized spacial score (nSPS) is 11.1. The van der Waals surface area contributed by atoms with Crippen LogP contribution in [0.5, 0.6) is 0 Å². The van der Waals surface area contributed by atoms with Gasteiger partial charge >= 0.3 is 0 Å². The predicted octanol–water partition coefficient (Wildman–Crippen LogP) is 5.39. The number of hydrogen-bond acceptors (Lipinski definition) is 4.